The van der Waals surface area contributed by atoms with Crippen molar-refractivity contribution in [1.82, 2.24) is 15.5 Å². The molecule has 1 aromatic carbocycles. The number of thioether (sulfide) groups is 1. The number of nitrogens with one attached hydrogen (secondary N) is 1. The monoisotopic (exact) mass is 349 g/mol. The van der Waals surface area contributed by atoms with Crippen molar-refractivity contribution in [1.29, 1.82) is 0 Å². The third-order valence-electron chi connectivity index (χ3n) is 3.68. The number of benzene rings is 1. The molecule has 0 unspecified atom stereocenters. The number of carbonyl (C=O) groups is 1. The van der Waals surface area contributed by atoms with Gasteiger partial charge in [0.25, 0.3) is 5.22 Å². The molecule has 0 bridgehead atoms. The molecule has 1 atom stereocenters. The largest absolute Gasteiger partial charge is 0.497 e. The lowest BCUT2D eigenvalue weighted by Gasteiger charge is -2.25. The van der Waals surface area contributed by atoms with Crippen LogP contribution in [-0.2, 0) is 11.2 Å². The van der Waals surface area contributed by atoms with Crippen LogP contribution in [0.2, 0.25) is 0 Å². The Morgan fingerprint density at radius 1 is 1.46 bits per heavy atom. The highest BCUT2D eigenvalue weighted by Gasteiger charge is 2.21. The van der Waals surface area contributed by atoms with Crippen LogP contribution in [0.25, 0.3) is 0 Å². The maximum absolute atomic E-state index is 11.9. The minimum Gasteiger partial charge on any atom is -0.497 e. The molecular formula is C16H19N3O4S. The van der Waals surface area contributed by atoms with Crippen LogP contribution < -0.4 is 14.8 Å². The lowest BCUT2D eigenvalue weighted by Crippen LogP contribution is -2.35. The summed E-state index contributed by atoms with van der Waals surface area (Å²) in [5.41, 5.74) is 1.14. The molecule has 24 heavy (non-hydrogen) atoms. The van der Waals surface area contributed by atoms with Crippen molar-refractivity contribution in [2.24, 2.45) is 5.92 Å². The first-order valence-electron chi connectivity index (χ1n) is 7.63. The quantitative estimate of drug-likeness (QED) is 0.796. The van der Waals surface area contributed by atoms with Crippen LogP contribution in [-0.4, -0.2) is 42.1 Å². The Kier molecular flexibility index (Phi) is 5.24. The van der Waals surface area contributed by atoms with E-state index in [1.165, 1.54) is 11.8 Å². The smallest absolute Gasteiger partial charge is 0.277 e. The number of hydrogen-bond acceptors (Lipinski definition) is 7. The molecule has 2 heterocycles. The summed E-state index contributed by atoms with van der Waals surface area (Å²) in [6, 6.07) is 5.83. The highest BCUT2D eigenvalue weighted by Crippen LogP contribution is 2.30. The number of carbonyl (C=O) groups excluding carboxylic acids is 1. The highest BCUT2D eigenvalue weighted by atomic mass is 32.2. The number of methoxy groups -OCH3 is 1. The second-order valence-corrected chi connectivity index (χ2v) is 6.46. The molecule has 1 aromatic heterocycles. The standard InChI is InChI=1S/C16H19N3O4S/c1-10-18-19-16(23-10)24-9-15(20)17-7-11-5-12-3-4-13(21-2)6-14(12)22-8-11/h3-4,6,11H,5,7-9H2,1-2H3,(H,17,20)/t11-/m1/s1. The van der Waals surface area contributed by atoms with E-state index in [1.807, 2.05) is 18.2 Å². The molecule has 1 amide bonds. The fourth-order valence-corrected chi connectivity index (χ4v) is 3.08. The van der Waals surface area contributed by atoms with Crippen molar-refractivity contribution < 1.29 is 18.7 Å². The second-order valence-electron chi connectivity index (χ2n) is 5.53. The summed E-state index contributed by atoms with van der Waals surface area (Å²) in [4.78, 5) is 11.9. The third kappa shape index (κ3) is 4.19. The van der Waals surface area contributed by atoms with Gasteiger partial charge in [0.05, 0.1) is 19.5 Å². The summed E-state index contributed by atoms with van der Waals surface area (Å²) in [5.74, 6) is 2.59. The van der Waals surface area contributed by atoms with Gasteiger partial charge in [0.2, 0.25) is 11.8 Å². The molecule has 0 aliphatic carbocycles. The van der Waals surface area contributed by atoms with Crippen LogP contribution in [0.15, 0.2) is 27.8 Å². The molecule has 1 aliphatic rings. The van der Waals surface area contributed by atoms with E-state index in [1.54, 1.807) is 14.0 Å². The molecule has 1 aliphatic heterocycles. The molecule has 0 radical (unpaired) electrons. The molecule has 0 fully saturated rings. The Morgan fingerprint density at radius 2 is 2.33 bits per heavy atom. The summed E-state index contributed by atoms with van der Waals surface area (Å²) in [5, 5.41) is 10.9. The van der Waals surface area contributed by atoms with Crippen molar-refractivity contribution in [2.75, 3.05) is 26.0 Å². The SMILES string of the molecule is COc1ccc2c(c1)OC[C@@H](CNC(=O)CSc1nnc(C)o1)C2. The number of fused-ring (bicyclic) bond motifs is 1. The fraction of sp³-hybridized carbons (Fsp3) is 0.438. The molecule has 3 rings (SSSR count). The van der Waals surface area contributed by atoms with Gasteiger partial charge in [-0.05, 0) is 18.1 Å². The number of rotatable bonds is 6. The Bertz CT molecular complexity index is 719. The van der Waals surface area contributed by atoms with Crippen molar-refractivity contribution in [3.8, 4) is 11.5 Å². The van der Waals surface area contributed by atoms with Crippen LogP contribution >= 0.6 is 11.8 Å². The second kappa shape index (κ2) is 7.57. The zero-order valence-electron chi connectivity index (χ0n) is 13.6. The van der Waals surface area contributed by atoms with E-state index in [0.717, 1.165) is 23.5 Å². The number of aryl methyl sites for hydroxylation is 1. The fourth-order valence-electron chi connectivity index (χ4n) is 2.45. The van der Waals surface area contributed by atoms with Gasteiger partial charge < -0.3 is 19.2 Å². The molecule has 2 aromatic rings. The topological polar surface area (TPSA) is 86.5 Å². The summed E-state index contributed by atoms with van der Waals surface area (Å²) in [6.45, 7) is 2.87. The number of ether oxygens (including phenoxy) is 2. The van der Waals surface area contributed by atoms with Crippen LogP contribution in [0, 0.1) is 12.8 Å². The van der Waals surface area contributed by atoms with E-state index >= 15 is 0 Å². The zero-order valence-corrected chi connectivity index (χ0v) is 14.4. The predicted molar refractivity (Wildman–Crippen MR) is 88.5 cm³/mol. The average Bonchev–Trinajstić information content (AvgIpc) is 3.02. The van der Waals surface area contributed by atoms with E-state index in [2.05, 4.69) is 15.5 Å². The normalized spacial score (nSPS) is 16.2. The summed E-state index contributed by atoms with van der Waals surface area (Å²) >= 11 is 1.23. The summed E-state index contributed by atoms with van der Waals surface area (Å²) in [6.07, 6.45) is 0.871. The van der Waals surface area contributed by atoms with E-state index < -0.39 is 0 Å². The van der Waals surface area contributed by atoms with Crippen molar-refractivity contribution >= 4 is 17.7 Å². The molecule has 8 heteroatoms. The van der Waals surface area contributed by atoms with Gasteiger partial charge in [-0.3, -0.25) is 4.79 Å². The summed E-state index contributed by atoms with van der Waals surface area (Å²) in [7, 11) is 1.64. The first-order chi connectivity index (χ1) is 11.6. The maximum atomic E-state index is 11.9. The van der Waals surface area contributed by atoms with Gasteiger partial charge in [-0.2, -0.15) is 0 Å². The minimum atomic E-state index is -0.0589. The first kappa shape index (κ1) is 16.6. The molecule has 7 nitrogen and oxygen atoms in total. The minimum absolute atomic E-state index is 0.0589. The first-order valence-corrected chi connectivity index (χ1v) is 8.62. The van der Waals surface area contributed by atoms with Crippen LogP contribution in [0.5, 0.6) is 11.5 Å². The molecule has 0 saturated heterocycles. The van der Waals surface area contributed by atoms with Gasteiger partial charge in [-0.15, -0.1) is 10.2 Å². The van der Waals surface area contributed by atoms with Crippen molar-refractivity contribution in [3.63, 3.8) is 0 Å². The van der Waals surface area contributed by atoms with E-state index in [-0.39, 0.29) is 17.6 Å². The number of aromatic nitrogens is 2. The molecule has 0 spiro atoms. The van der Waals surface area contributed by atoms with E-state index in [0.29, 0.717) is 24.3 Å². The molecule has 1 N–H and O–H groups in total. The number of hydrogen-bond donors (Lipinski definition) is 1. The summed E-state index contributed by atoms with van der Waals surface area (Å²) < 4.78 is 16.2. The molecular weight excluding hydrogens is 330 g/mol. The Hall–Kier alpha value is -2.22. The van der Waals surface area contributed by atoms with Gasteiger partial charge in [-0.25, -0.2) is 0 Å². The highest BCUT2D eigenvalue weighted by molar-refractivity contribution is 7.99. The Labute approximate surface area is 144 Å². The number of nitrogens with zero attached hydrogens (tertiary/aromatic N) is 2. The lowest BCUT2D eigenvalue weighted by atomic mass is 9.96. The number of amides is 1. The van der Waals surface area contributed by atoms with Crippen LogP contribution in [0.3, 0.4) is 0 Å². The lowest BCUT2D eigenvalue weighted by molar-refractivity contribution is -0.118. The van der Waals surface area contributed by atoms with Crippen molar-refractivity contribution in [3.05, 3.63) is 29.7 Å². The Balaban J connectivity index is 1.44. The zero-order chi connectivity index (χ0) is 16.9. The molecule has 128 valence electrons. The molecule has 0 saturated carbocycles. The predicted octanol–water partition coefficient (Wildman–Crippen LogP) is 1.85. The Morgan fingerprint density at radius 3 is 3.08 bits per heavy atom. The van der Waals surface area contributed by atoms with Crippen molar-refractivity contribution in [2.45, 2.75) is 18.6 Å². The van der Waals surface area contributed by atoms with Gasteiger partial charge in [0, 0.05) is 25.5 Å². The van der Waals surface area contributed by atoms with Gasteiger partial charge in [-0.1, -0.05) is 17.8 Å². The van der Waals surface area contributed by atoms with Crippen LogP contribution in [0.1, 0.15) is 11.5 Å². The van der Waals surface area contributed by atoms with E-state index in [4.69, 9.17) is 13.9 Å². The van der Waals surface area contributed by atoms with Gasteiger partial charge >= 0.3 is 0 Å². The average molecular weight is 349 g/mol. The maximum Gasteiger partial charge on any atom is 0.277 e. The third-order valence-corrected chi connectivity index (χ3v) is 4.50. The van der Waals surface area contributed by atoms with Gasteiger partial charge in [0.15, 0.2) is 0 Å². The van der Waals surface area contributed by atoms with E-state index in [9.17, 15) is 4.79 Å². The van der Waals surface area contributed by atoms with Gasteiger partial charge in [0.1, 0.15) is 11.5 Å². The van der Waals surface area contributed by atoms with Crippen LogP contribution in [0.4, 0.5) is 0 Å².